The zero-order valence-corrected chi connectivity index (χ0v) is 10.8. The number of nitrogen functional groups attached to an aromatic ring is 1. The maximum Gasteiger partial charge on any atom is 0.216 e. The van der Waals surface area contributed by atoms with Crippen molar-refractivity contribution in [3.05, 3.63) is 53.2 Å². The molecule has 0 saturated heterocycles. The average Bonchev–Trinajstić information content (AvgIpc) is 2.39. The van der Waals surface area contributed by atoms with Crippen molar-refractivity contribution in [1.29, 1.82) is 0 Å². The minimum atomic E-state index is 0.466. The molecule has 0 atom stereocenters. The van der Waals surface area contributed by atoms with Crippen LogP contribution in [-0.2, 0) is 13.0 Å². The highest BCUT2D eigenvalue weighted by molar-refractivity contribution is 5.50. The molecule has 3 heteroatoms. The van der Waals surface area contributed by atoms with Gasteiger partial charge in [0.1, 0.15) is 6.61 Å². The lowest BCUT2D eigenvalue weighted by Crippen LogP contribution is -2.05. The first kappa shape index (κ1) is 12.4. The second kappa shape index (κ2) is 5.54. The Balaban J connectivity index is 2.18. The van der Waals surface area contributed by atoms with Crippen LogP contribution in [0.4, 0.5) is 5.69 Å². The van der Waals surface area contributed by atoms with E-state index in [9.17, 15) is 0 Å². The first-order valence-corrected chi connectivity index (χ1v) is 6.13. The molecule has 0 aliphatic carbocycles. The molecule has 0 bridgehead atoms. The molecule has 3 nitrogen and oxygen atoms in total. The lowest BCUT2D eigenvalue weighted by molar-refractivity contribution is 0.291. The van der Waals surface area contributed by atoms with Crippen molar-refractivity contribution < 1.29 is 4.74 Å². The Morgan fingerprint density at radius 2 is 2.06 bits per heavy atom. The Hall–Kier alpha value is -2.03. The van der Waals surface area contributed by atoms with Crippen LogP contribution in [0.3, 0.4) is 0 Å². The Morgan fingerprint density at radius 3 is 2.78 bits per heavy atom. The van der Waals surface area contributed by atoms with Crippen LogP contribution in [0.15, 0.2) is 36.5 Å². The molecule has 0 spiro atoms. The lowest BCUT2D eigenvalue weighted by atomic mass is 10.0. The molecule has 0 fully saturated rings. The molecule has 0 aliphatic rings. The van der Waals surface area contributed by atoms with Crippen LogP contribution >= 0.6 is 0 Å². The summed E-state index contributed by atoms with van der Waals surface area (Å²) in [4.78, 5) is 4.22. The van der Waals surface area contributed by atoms with Crippen LogP contribution in [0, 0.1) is 6.92 Å². The van der Waals surface area contributed by atoms with Gasteiger partial charge in [0.25, 0.3) is 0 Å². The SMILES string of the molecule is CCc1cccc(N)c1COc1ncccc1C. The van der Waals surface area contributed by atoms with Gasteiger partial charge in [-0.15, -0.1) is 0 Å². The zero-order valence-electron chi connectivity index (χ0n) is 10.8. The number of benzene rings is 1. The molecular formula is C15H18N2O. The largest absolute Gasteiger partial charge is 0.473 e. The van der Waals surface area contributed by atoms with E-state index in [0.29, 0.717) is 12.5 Å². The maximum atomic E-state index is 6.00. The van der Waals surface area contributed by atoms with E-state index in [1.807, 2.05) is 31.2 Å². The summed E-state index contributed by atoms with van der Waals surface area (Å²) < 4.78 is 5.76. The molecule has 18 heavy (non-hydrogen) atoms. The van der Waals surface area contributed by atoms with Crippen LogP contribution in [0.5, 0.6) is 5.88 Å². The van der Waals surface area contributed by atoms with Gasteiger partial charge in [-0.05, 0) is 31.0 Å². The Bertz CT molecular complexity index is 538. The predicted octanol–water partition coefficient (Wildman–Crippen LogP) is 3.11. The van der Waals surface area contributed by atoms with Gasteiger partial charge in [0.15, 0.2) is 0 Å². The molecule has 1 aromatic heterocycles. The number of rotatable bonds is 4. The highest BCUT2D eigenvalue weighted by Gasteiger charge is 2.07. The molecule has 0 unspecified atom stereocenters. The van der Waals surface area contributed by atoms with Gasteiger partial charge in [0.2, 0.25) is 5.88 Å². The van der Waals surface area contributed by atoms with Crippen molar-refractivity contribution in [2.45, 2.75) is 26.9 Å². The molecule has 0 radical (unpaired) electrons. The third kappa shape index (κ3) is 2.62. The summed E-state index contributed by atoms with van der Waals surface area (Å²) in [5, 5.41) is 0. The molecule has 94 valence electrons. The van der Waals surface area contributed by atoms with E-state index in [4.69, 9.17) is 10.5 Å². The fourth-order valence-corrected chi connectivity index (χ4v) is 1.92. The van der Waals surface area contributed by atoms with Gasteiger partial charge in [-0.3, -0.25) is 0 Å². The van der Waals surface area contributed by atoms with Gasteiger partial charge in [-0.25, -0.2) is 4.98 Å². The monoisotopic (exact) mass is 242 g/mol. The summed E-state index contributed by atoms with van der Waals surface area (Å²) in [6.45, 7) is 4.56. The van der Waals surface area contributed by atoms with E-state index in [0.717, 1.165) is 23.2 Å². The molecule has 0 aliphatic heterocycles. The number of aromatic nitrogens is 1. The van der Waals surface area contributed by atoms with Crippen LogP contribution < -0.4 is 10.5 Å². The normalized spacial score (nSPS) is 10.3. The van der Waals surface area contributed by atoms with Crippen molar-refractivity contribution in [3.63, 3.8) is 0 Å². The number of hydrogen-bond acceptors (Lipinski definition) is 3. The third-order valence-corrected chi connectivity index (χ3v) is 3.00. The highest BCUT2D eigenvalue weighted by Crippen LogP contribution is 2.21. The van der Waals surface area contributed by atoms with Crippen LogP contribution in [0.2, 0.25) is 0 Å². The van der Waals surface area contributed by atoms with Gasteiger partial charge in [-0.2, -0.15) is 0 Å². The number of hydrogen-bond donors (Lipinski definition) is 1. The Labute approximate surface area is 108 Å². The number of anilines is 1. The minimum absolute atomic E-state index is 0.466. The molecule has 0 saturated carbocycles. The van der Waals surface area contributed by atoms with Gasteiger partial charge in [0.05, 0.1) is 0 Å². The maximum absolute atomic E-state index is 6.00. The molecule has 2 rings (SSSR count). The first-order valence-electron chi connectivity index (χ1n) is 6.13. The third-order valence-electron chi connectivity index (χ3n) is 3.00. The average molecular weight is 242 g/mol. The summed E-state index contributed by atoms with van der Waals surface area (Å²) in [5.74, 6) is 0.669. The summed E-state index contributed by atoms with van der Waals surface area (Å²) in [6, 6.07) is 9.85. The van der Waals surface area contributed by atoms with Crippen molar-refractivity contribution in [1.82, 2.24) is 4.98 Å². The van der Waals surface area contributed by atoms with Crippen molar-refractivity contribution in [2.24, 2.45) is 0 Å². The van der Waals surface area contributed by atoms with Crippen molar-refractivity contribution in [3.8, 4) is 5.88 Å². The second-order valence-corrected chi connectivity index (χ2v) is 4.25. The zero-order chi connectivity index (χ0) is 13.0. The summed E-state index contributed by atoms with van der Waals surface area (Å²) in [6.07, 6.45) is 2.68. The number of ether oxygens (including phenoxy) is 1. The van der Waals surface area contributed by atoms with Gasteiger partial charge in [0, 0.05) is 23.0 Å². The van der Waals surface area contributed by atoms with Crippen LogP contribution in [0.1, 0.15) is 23.6 Å². The second-order valence-electron chi connectivity index (χ2n) is 4.25. The number of nitrogens with zero attached hydrogens (tertiary/aromatic N) is 1. The van der Waals surface area contributed by atoms with Gasteiger partial charge >= 0.3 is 0 Å². The quantitative estimate of drug-likeness (QED) is 0.838. The number of pyridine rings is 1. The van der Waals surface area contributed by atoms with E-state index < -0.39 is 0 Å². The predicted molar refractivity (Wildman–Crippen MR) is 73.5 cm³/mol. The van der Waals surface area contributed by atoms with E-state index in [1.165, 1.54) is 5.56 Å². The fourth-order valence-electron chi connectivity index (χ4n) is 1.92. The van der Waals surface area contributed by atoms with E-state index in [1.54, 1.807) is 6.20 Å². The molecular weight excluding hydrogens is 224 g/mol. The van der Waals surface area contributed by atoms with Gasteiger partial charge in [-0.1, -0.05) is 25.1 Å². The lowest BCUT2D eigenvalue weighted by Gasteiger charge is -2.12. The van der Waals surface area contributed by atoms with Gasteiger partial charge < -0.3 is 10.5 Å². The Kier molecular flexibility index (Phi) is 3.82. The van der Waals surface area contributed by atoms with Crippen LogP contribution in [-0.4, -0.2) is 4.98 Å². The van der Waals surface area contributed by atoms with Crippen molar-refractivity contribution in [2.75, 3.05) is 5.73 Å². The summed E-state index contributed by atoms with van der Waals surface area (Å²) >= 11 is 0. The van der Waals surface area contributed by atoms with E-state index >= 15 is 0 Å². The first-order chi connectivity index (χ1) is 8.72. The fraction of sp³-hybridized carbons (Fsp3) is 0.267. The molecule has 2 aromatic rings. The number of aryl methyl sites for hydroxylation is 2. The highest BCUT2D eigenvalue weighted by atomic mass is 16.5. The topological polar surface area (TPSA) is 48.1 Å². The van der Waals surface area contributed by atoms with E-state index in [-0.39, 0.29) is 0 Å². The summed E-state index contributed by atoms with van der Waals surface area (Å²) in [7, 11) is 0. The Morgan fingerprint density at radius 1 is 1.22 bits per heavy atom. The minimum Gasteiger partial charge on any atom is -0.473 e. The van der Waals surface area contributed by atoms with Crippen molar-refractivity contribution >= 4 is 5.69 Å². The molecule has 1 heterocycles. The van der Waals surface area contributed by atoms with Crippen LogP contribution in [0.25, 0.3) is 0 Å². The smallest absolute Gasteiger partial charge is 0.216 e. The standard InChI is InChI=1S/C15H18N2O/c1-3-12-7-4-8-14(16)13(12)10-18-15-11(2)6-5-9-17-15/h4-9H,3,10,16H2,1-2H3. The molecule has 0 amide bonds. The van der Waals surface area contributed by atoms with E-state index in [2.05, 4.69) is 18.0 Å². The molecule has 2 N–H and O–H groups in total. The summed E-state index contributed by atoms with van der Waals surface area (Å²) in [5.41, 5.74) is 10.1. The molecule has 1 aromatic carbocycles. The number of nitrogens with two attached hydrogens (primary N) is 1.